The van der Waals surface area contributed by atoms with Crippen molar-refractivity contribution in [1.82, 2.24) is 4.98 Å². The zero-order valence-electron chi connectivity index (χ0n) is 18.1. The van der Waals surface area contributed by atoms with E-state index >= 15 is 0 Å². The molecule has 0 unspecified atom stereocenters. The first-order valence-electron chi connectivity index (χ1n) is 10.2. The molecule has 4 aromatic rings. The van der Waals surface area contributed by atoms with Crippen molar-refractivity contribution in [3.8, 4) is 5.75 Å². The van der Waals surface area contributed by atoms with Crippen LogP contribution in [0.15, 0.2) is 72.8 Å². The molecular formula is C26H26ClN3O2. The summed E-state index contributed by atoms with van der Waals surface area (Å²) in [6.07, 6.45) is 1.61. The molecule has 0 radical (unpaired) electrons. The average Bonchev–Trinajstić information content (AvgIpc) is 2.78. The Bertz CT molecular complexity index is 1240. The van der Waals surface area contributed by atoms with Gasteiger partial charge in [-0.1, -0.05) is 30.3 Å². The molecule has 164 valence electrons. The number of anilines is 2. The minimum absolute atomic E-state index is 0. The summed E-state index contributed by atoms with van der Waals surface area (Å²) in [5, 5.41) is 3.84. The van der Waals surface area contributed by atoms with Crippen molar-refractivity contribution in [3.05, 3.63) is 95.2 Å². The maximum absolute atomic E-state index is 13.0. The van der Waals surface area contributed by atoms with Gasteiger partial charge in [0.2, 0.25) is 0 Å². The number of halogens is 1. The first-order valence-corrected chi connectivity index (χ1v) is 10.2. The van der Waals surface area contributed by atoms with E-state index in [1.807, 2.05) is 67.6 Å². The third kappa shape index (κ3) is 5.18. The molecule has 0 spiro atoms. The van der Waals surface area contributed by atoms with Gasteiger partial charge in [0, 0.05) is 28.0 Å². The van der Waals surface area contributed by atoms with Crippen LogP contribution in [-0.2, 0) is 12.8 Å². The molecule has 0 atom stereocenters. The third-order valence-corrected chi connectivity index (χ3v) is 5.33. The number of aryl methyl sites for hydroxylation is 3. The van der Waals surface area contributed by atoms with Gasteiger partial charge in [0.15, 0.2) is 0 Å². The lowest BCUT2D eigenvalue weighted by atomic mass is 9.99. The van der Waals surface area contributed by atoms with Crippen LogP contribution in [0.3, 0.4) is 0 Å². The number of fused-ring (bicyclic) bond motifs is 1. The molecule has 0 fully saturated rings. The van der Waals surface area contributed by atoms with Crippen molar-refractivity contribution in [3.63, 3.8) is 0 Å². The number of nitrogens with one attached hydrogen (secondary N) is 1. The molecule has 5 nitrogen and oxygen atoms in total. The van der Waals surface area contributed by atoms with Crippen LogP contribution in [0.4, 0.5) is 11.4 Å². The zero-order chi connectivity index (χ0) is 21.8. The van der Waals surface area contributed by atoms with Gasteiger partial charge in [0.25, 0.3) is 5.91 Å². The number of nitrogens with zero attached hydrogens (tertiary/aromatic N) is 1. The van der Waals surface area contributed by atoms with E-state index in [0.29, 0.717) is 16.9 Å². The summed E-state index contributed by atoms with van der Waals surface area (Å²) in [5.74, 6) is 0.702. The molecule has 0 saturated carbocycles. The SMILES string of the molecule is COc1ccc(CCc2ccccc2C(=O)Nc2ccc3nc(C)cc(N)c3c2)cc1.Cl. The fourth-order valence-electron chi connectivity index (χ4n) is 3.70. The Morgan fingerprint density at radius 3 is 2.50 bits per heavy atom. The van der Waals surface area contributed by atoms with Crippen LogP contribution in [0.1, 0.15) is 27.2 Å². The lowest BCUT2D eigenvalue weighted by Gasteiger charge is -2.12. The van der Waals surface area contributed by atoms with Crippen molar-refractivity contribution in [2.24, 2.45) is 0 Å². The van der Waals surface area contributed by atoms with Gasteiger partial charge in [-0.2, -0.15) is 0 Å². The van der Waals surface area contributed by atoms with E-state index < -0.39 is 0 Å². The normalized spacial score (nSPS) is 10.4. The summed E-state index contributed by atoms with van der Waals surface area (Å²) in [7, 11) is 1.66. The number of hydrogen-bond donors (Lipinski definition) is 2. The number of benzene rings is 3. The molecule has 3 N–H and O–H groups in total. The van der Waals surface area contributed by atoms with Gasteiger partial charge in [-0.25, -0.2) is 0 Å². The van der Waals surface area contributed by atoms with Gasteiger partial charge in [-0.05, 0) is 73.4 Å². The molecule has 0 aliphatic rings. The largest absolute Gasteiger partial charge is 0.497 e. The van der Waals surface area contributed by atoms with Crippen molar-refractivity contribution in [1.29, 1.82) is 0 Å². The first kappa shape index (κ1) is 23.1. The van der Waals surface area contributed by atoms with Gasteiger partial charge in [0.05, 0.1) is 12.6 Å². The summed E-state index contributed by atoms with van der Waals surface area (Å²) in [6.45, 7) is 1.91. The molecule has 0 aliphatic carbocycles. The predicted molar refractivity (Wildman–Crippen MR) is 133 cm³/mol. The summed E-state index contributed by atoms with van der Waals surface area (Å²) in [4.78, 5) is 17.5. The molecule has 4 rings (SSSR count). The van der Waals surface area contributed by atoms with Gasteiger partial charge in [-0.3, -0.25) is 9.78 Å². The first-order chi connectivity index (χ1) is 15.0. The number of carbonyl (C=O) groups excluding carboxylic acids is 1. The highest BCUT2D eigenvalue weighted by atomic mass is 35.5. The monoisotopic (exact) mass is 447 g/mol. The Morgan fingerprint density at radius 1 is 1.00 bits per heavy atom. The van der Waals surface area contributed by atoms with E-state index in [4.69, 9.17) is 10.5 Å². The minimum atomic E-state index is -0.136. The molecule has 32 heavy (non-hydrogen) atoms. The number of amides is 1. The summed E-state index contributed by atoms with van der Waals surface area (Å²) in [6, 6.07) is 23.2. The van der Waals surface area contributed by atoms with E-state index in [9.17, 15) is 4.79 Å². The lowest BCUT2D eigenvalue weighted by Crippen LogP contribution is -2.14. The fourth-order valence-corrected chi connectivity index (χ4v) is 3.70. The number of nitrogen functional groups attached to an aromatic ring is 1. The number of nitrogens with two attached hydrogens (primary N) is 1. The quantitative estimate of drug-likeness (QED) is 0.403. The molecule has 3 aromatic carbocycles. The van der Waals surface area contributed by atoms with Crippen LogP contribution < -0.4 is 15.8 Å². The van der Waals surface area contributed by atoms with Crippen molar-refractivity contribution in [2.75, 3.05) is 18.2 Å². The number of aromatic nitrogens is 1. The van der Waals surface area contributed by atoms with Crippen LogP contribution in [-0.4, -0.2) is 18.0 Å². The Balaban J connectivity index is 0.00000289. The standard InChI is InChI=1S/C26H25N3O2.ClH/c1-17-15-24(27)23-16-20(11-14-25(23)28-17)29-26(30)22-6-4-3-5-19(22)10-7-18-8-12-21(31-2)13-9-18;/h3-6,8-9,11-16H,7,10H2,1-2H3,(H2,27,28)(H,29,30);1H. The Hall–Kier alpha value is -3.57. The van der Waals surface area contributed by atoms with E-state index in [2.05, 4.69) is 22.4 Å². The zero-order valence-corrected chi connectivity index (χ0v) is 18.9. The van der Waals surface area contributed by atoms with Crippen molar-refractivity contribution < 1.29 is 9.53 Å². The predicted octanol–water partition coefficient (Wildman–Crippen LogP) is 5.59. The van der Waals surface area contributed by atoms with Crippen molar-refractivity contribution in [2.45, 2.75) is 19.8 Å². The maximum Gasteiger partial charge on any atom is 0.255 e. The highest BCUT2D eigenvalue weighted by Crippen LogP contribution is 2.25. The number of hydrogen-bond acceptors (Lipinski definition) is 4. The number of pyridine rings is 1. The van der Waals surface area contributed by atoms with Crippen LogP contribution in [0.2, 0.25) is 0 Å². The second-order valence-corrected chi connectivity index (χ2v) is 7.54. The highest BCUT2D eigenvalue weighted by Gasteiger charge is 2.12. The van der Waals surface area contributed by atoms with Gasteiger partial charge < -0.3 is 15.8 Å². The molecule has 6 heteroatoms. The second-order valence-electron chi connectivity index (χ2n) is 7.54. The van der Waals surface area contributed by atoms with Gasteiger partial charge in [0.1, 0.15) is 5.75 Å². The van der Waals surface area contributed by atoms with Crippen LogP contribution in [0.5, 0.6) is 5.75 Å². The third-order valence-electron chi connectivity index (χ3n) is 5.33. The Labute approximate surface area is 194 Å². The van der Waals surface area contributed by atoms with E-state index in [1.54, 1.807) is 7.11 Å². The Kier molecular flexibility index (Phi) is 7.33. The average molecular weight is 448 g/mol. The van der Waals surface area contributed by atoms with Crippen LogP contribution >= 0.6 is 12.4 Å². The van der Waals surface area contributed by atoms with E-state index in [1.165, 1.54) is 5.56 Å². The van der Waals surface area contributed by atoms with Crippen LogP contribution in [0, 0.1) is 6.92 Å². The fraction of sp³-hybridized carbons (Fsp3) is 0.154. The summed E-state index contributed by atoms with van der Waals surface area (Å²) in [5.41, 5.74) is 12.1. The number of methoxy groups -OCH3 is 1. The lowest BCUT2D eigenvalue weighted by molar-refractivity contribution is 0.102. The highest BCUT2D eigenvalue weighted by molar-refractivity contribution is 6.06. The van der Waals surface area contributed by atoms with E-state index in [0.717, 1.165) is 40.8 Å². The van der Waals surface area contributed by atoms with E-state index in [-0.39, 0.29) is 18.3 Å². The van der Waals surface area contributed by atoms with Gasteiger partial charge >= 0.3 is 0 Å². The second kappa shape index (κ2) is 10.2. The minimum Gasteiger partial charge on any atom is -0.497 e. The summed E-state index contributed by atoms with van der Waals surface area (Å²) >= 11 is 0. The smallest absolute Gasteiger partial charge is 0.255 e. The number of ether oxygens (including phenoxy) is 1. The summed E-state index contributed by atoms with van der Waals surface area (Å²) < 4.78 is 5.21. The molecule has 1 amide bonds. The molecule has 0 aliphatic heterocycles. The molecule has 0 saturated heterocycles. The van der Waals surface area contributed by atoms with Gasteiger partial charge in [-0.15, -0.1) is 12.4 Å². The number of rotatable bonds is 6. The topological polar surface area (TPSA) is 77.2 Å². The number of carbonyl (C=O) groups is 1. The Morgan fingerprint density at radius 2 is 1.75 bits per heavy atom. The van der Waals surface area contributed by atoms with Crippen LogP contribution in [0.25, 0.3) is 10.9 Å². The maximum atomic E-state index is 13.0. The molecule has 1 heterocycles. The van der Waals surface area contributed by atoms with Crippen molar-refractivity contribution >= 4 is 40.6 Å². The molecule has 1 aromatic heterocycles. The molecular weight excluding hydrogens is 422 g/mol. The molecule has 0 bridgehead atoms.